The summed E-state index contributed by atoms with van der Waals surface area (Å²) in [6.45, 7) is 0. The molecule has 0 aliphatic heterocycles. The van der Waals surface area contributed by atoms with E-state index in [1.165, 1.54) is 12.1 Å². The zero-order valence-corrected chi connectivity index (χ0v) is 17.3. The molecule has 0 spiro atoms. The van der Waals surface area contributed by atoms with Crippen molar-refractivity contribution in [3.8, 4) is 11.5 Å². The third-order valence-electron chi connectivity index (χ3n) is 3.71. The van der Waals surface area contributed by atoms with E-state index < -0.39 is 38.7 Å². The van der Waals surface area contributed by atoms with Gasteiger partial charge in [0.15, 0.2) is 5.75 Å². The summed E-state index contributed by atoms with van der Waals surface area (Å²) in [5, 5.41) is 22.2. The fraction of sp³-hybridized carbons (Fsp3) is 0.111. The number of benzene rings is 2. The second-order valence-corrected chi connectivity index (χ2v) is 6.46. The highest BCUT2D eigenvalue weighted by atomic mass is 35.5. The molecule has 162 valence electrons. The van der Waals surface area contributed by atoms with Crippen molar-refractivity contribution in [2.75, 3.05) is 14.2 Å². The van der Waals surface area contributed by atoms with Crippen LogP contribution < -0.4 is 4.74 Å². The molecular weight excluding hydrogens is 459 g/mol. The van der Waals surface area contributed by atoms with Gasteiger partial charge in [-0.3, -0.25) is 20.2 Å². The molecule has 0 saturated carbocycles. The second-order valence-electron chi connectivity index (χ2n) is 5.62. The van der Waals surface area contributed by atoms with Crippen LogP contribution in [0.15, 0.2) is 35.9 Å². The lowest BCUT2D eigenvalue weighted by Crippen LogP contribution is -2.15. The van der Waals surface area contributed by atoms with Gasteiger partial charge in [-0.25, -0.2) is 9.59 Å². The predicted molar refractivity (Wildman–Crippen MR) is 108 cm³/mol. The highest BCUT2D eigenvalue weighted by molar-refractivity contribution is 6.36. The van der Waals surface area contributed by atoms with Crippen LogP contribution in [0, 0.1) is 20.2 Å². The molecule has 0 aliphatic carbocycles. The summed E-state index contributed by atoms with van der Waals surface area (Å²) in [6.07, 6.45) is 1.02. The quantitative estimate of drug-likeness (QED) is 0.144. The Bertz CT molecular complexity index is 1100. The number of non-ortho nitro benzene ring substituents is 1. The molecule has 2 rings (SSSR count). The van der Waals surface area contributed by atoms with Gasteiger partial charge in [0, 0.05) is 16.7 Å². The normalized spacial score (nSPS) is 10.1. The molecule has 0 heterocycles. The van der Waals surface area contributed by atoms with Gasteiger partial charge in [0.1, 0.15) is 5.57 Å². The van der Waals surface area contributed by atoms with Crippen molar-refractivity contribution >= 4 is 52.6 Å². The Labute approximate surface area is 184 Å². The van der Waals surface area contributed by atoms with Gasteiger partial charge in [-0.1, -0.05) is 23.2 Å². The molecule has 2 aromatic rings. The maximum absolute atomic E-state index is 11.9. The summed E-state index contributed by atoms with van der Waals surface area (Å²) in [5.74, 6) is -2.66. The van der Waals surface area contributed by atoms with Crippen molar-refractivity contribution in [2.24, 2.45) is 0 Å². The SMILES string of the molecule is COC(=O)C(=Cc1cc(Cl)cc(Cl)c1Oc1ccc([N+](=O)[O-])cc1[N+](=O)[O-])C(=O)OC. The molecule has 0 aliphatic rings. The van der Waals surface area contributed by atoms with Crippen LogP contribution in [0.4, 0.5) is 11.4 Å². The lowest BCUT2D eigenvalue weighted by molar-refractivity contribution is -0.394. The molecule has 2 aromatic carbocycles. The Kier molecular flexibility index (Phi) is 7.51. The predicted octanol–water partition coefficient (Wildman–Crippen LogP) is 4.33. The first-order valence-corrected chi connectivity index (χ1v) is 8.82. The van der Waals surface area contributed by atoms with Crippen molar-refractivity contribution in [3.63, 3.8) is 0 Å². The van der Waals surface area contributed by atoms with Crippen LogP contribution >= 0.6 is 23.2 Å². The number of ether oxygens (including phenoxy) is 3. The van der Waals surface area contributed by atoms with E-state index in [1.807, 2.05) is 0 Å². The fourth-order valence-corrected chi connectivity index (χ4v) is 2.88. The van der Waals surface area contributed by atoms with Crippen molar-refractivity contribution in [3.05, 3.63) is 71.7 Å². The first-order valence-electron chi connectivity index (χ1n) is 8.07. The van der Waals surface area contributed by atoms with E-state index in [9.17, 15) is 29.8 Å². The van der Waals surface area contributed by atoms with Crippen LogP contribution in [0.3, 0.4) is 0 Å². The molecule has 0 saturated heterocycles. The Morgan fingerprint density at radius 3 is 2.10 bits per heavy atom. The molecule has 13 heteroatoms. The molecule has 11 nitrogen and oxygen atoms in total. The minimum Gasteiger partial charge on any atom is -0.465 e. The maximum atomic E-state index is 11.9. The molecule has 0 radical (unpaired) electrons. The number of rotatable bonds is 7. The van der Waals surface area contributed by atoms with Crippen molar-refractivity contribution in [1.29, 1.82) is 0 Å². The lowest BCUT2D eigenvalue weighted by Gasteiger charge is -2.12. The van der Waals surface area contributed by atoms with E-state index in [1.54, 1.807) is 0 Å². The molecule has 0 unspecified atom stereocenters. The molecule has 31 heavy (non-hydrogen) atoms. The summed E-state index contributed by atoms with van der Waals surface area (Å²) in [7, 11) is 2.09. The Hall–Kier alpha value is -3.70. The number of carbonyl (C=O) groups excluding carboxylic acids is 2. The number of methoxy groups -OCH3 is 2. The van der Waals surface area contributed by atoms with Gasteiger partial charge in [-0.2, -0.15) is 0 Å². The zero-order valence-electron chi connectivity index (χ0n) is 15.8. The van der Waals surface area contributed by atoms with E-state index >= 15 is 0 Å². The van der Waals surface area contributed by atoms with Gasteiger partial charge in [0.2, 0.25) is 5.75 Å². The first kappa shape index (κ1) is 23.6. The molecular formula is C18H12Cl2N2O9. The van der Waals surface area contributed by atoms with Gasteiger partial charge >= 0.3 is 17.6 Å². The Balaban J connectivity index is 2.68. The number of hydrogen-bond acceptors (Lipinski definition) is 9. The van der Waals surface area contributed by atoms with E-state index in [0.29, 0.717) is 6.07 Å². The summed E-state index contributed by atoms with van der Waals surface area (Å²) in [6, 6.07) is 5.24. The van der Waals surface area contributed by atoms with Crippen molar-refractivity contribution in [2.45, 2.75) is 0 Å². The smallest absolute Gasteiger partial charge is 0.345 e. The standard InChI is InChI=1S/C18H12Cl2N2O9/c1-29-17(23)12(18(24)30-2)6-9-5-10(19)7-13(20)16(9)31-15-4-3-11(21(25)26)8-14(15)22(27)28/h3-8H,1-2H3. The second kappa shape index (κ2) is 9.87. The van der Waals surface area contributed by atoms with Crippen LogP contribution in [-0.2, 0) is 19.1 Å². The number of nitrogens with zero attached hydrogens (tertiary/aromatic N) is 2. The first-order chi connectivity index (χ1) is 14.6. The average molecular weight is 471 g/mol. The van der Waals surface area contributed by atoms with E-state index in [2.05, 4.69) is 9.47 Å². The Morgan fingerprint density at radius 1 is 0.968 bits per heavy atom. The summed E-state index contributed by atoms with van der Waals surface area (Å²) >= 11 is 12.1. The van der Waals surface area contributed by atoms with E-state index in [4.69, 9.17) is 27.9 Å². The van der Waals surface area contributed by atoms with Crippen LogP contribution in [0.5, 0.6) is 11.5 Å². The van der Waals surface area contributed by atoms with Crippen LogP contribution in [0.25, 0.3) is 6.08 Å². The van der Waals surface area contributed by atoms with Crippen LogP contribution in [0.2, 0.25) is 10.0 Å². The van der Waals surface area contributed by atoms with E-state index in [0.717, 1.165) is 32.4 Å². The zero-order chi connectivity index (χ0) is 23.3. The summed E-state index contributed by atoms with van der Waals surface area (Å²) in [5.41, 5.74) is -1.79. The van der Waals surface area contributed by atoms with Crippen LogP contribution in [-0.4, -0.2) is 36.0 Å². The number of nitro benzene ring substituents is 2. The Morgan fingerprint density at radius 2 is 1.58 bits per heavy atom. The molecule has 0 atom stereocenters. The average Bonchev–Trinajstić information content (AvgIpc) is 2.72. The fourth-order valence-electron chi connectivity index (χ4n) is 2.33. The molecule has 0 fully saturated rings. The number of carbonyl (C=O) groups is 2. The monoisotopic (exact) mass is 470 g/mol. The minimum absolute atomic E-state index is 0.0176. The maximum Gasteiger partial charge on any atom is 0.345 e. The number of nitro groups is 2. The highest BCUT2D eigenvalue weighted by Gasteiger charge is 2.25. The van der Waals surface area contributed by atoms with Gasteiger partial charge in [-0.05, 0) is 24.3 Å². The van der Waals surface area contributed by atoms with Gasteiger partial charge in [-0.15, -0.1) is 0 Å². The highest BCUT2D eigenvalue weighted by Crippen LogP contribution is 2.41. The number of hydrogen-bond donors (Lipinski definition) is 0. The number of halogens is 2. The third-order valence-corrected chi connectivity index (χ3v) is 4.21. The molecule has 0 amide bonds. The van der Waals surface area contributed by atoms with Crippen molar-refractivity contribution < 1.29 is 33.6 Å². The molecule has 0 aromatic heterocycles. The molecule has 0 N–H and O–H groups in total. The lowest BCUT2D eigenvalue weighted by atomic mass is 10.1. The summed E-state index contributed by atoms with van der Waals surface area (Å²) in [4.78, 5) is 44.5. The summed E-state index contributed by atoms with van der Waals surface area (Å²) < 4.78 is 14.6. The molecule has 0 bridgehead atoms. The minimum atomic E-state index is -1.03. The topological polar surface area (TPSA) is 148 Å². The van der Waals surface area contributed by atoms with Crippen LogP contribution in [0.1, 0.15) is 5.56 Å². The third kappa shape index (κ3) is 5.47. The van der Waals surface area contributed by atoms with E-state index in [-0.39, 0.29) is 27.1 Å². The van der Waals surface area contributed by atoms with Gasteiger partial charge in [0.25, 0.3) is 5.69 Å². The largest absolute Gasteiger partial charge is 0.465 e. The number of esters is 2. The van der Waals surface area contributed by atoms with Crippen molar-refractivity contribution in [1.82, 2.24) is 0 Å². The van der Waals surface area contributed by atoms with Gasteiger partial charge in [0.05, 0.1) is 35.2 Å². The van der Waals surface area contributed by atoms with Gasteiger partial charge < -0.3 is 14.2 Å².